The number of carbonyl (C=O) groups is 3. The molecular formula is C26H41N3O6. The Morgan fingerprint density at radius 3 is 2.37 bits per heavy atom. The van der Waals surface area contributed by atoms with Crippen LogP contribution in [0.2, 0.25) is 0 Å². The van der Waals surface area contributed by atoms with E-state index in [9.17, 15) is 19.5 Å². The van der Waals surface area contributed by atoms with E-state index in [1.54, 1.807) is 51.8 Å². The lowest BCUT2D eigenvalue weighted by Crippen LogP contribution is -2.64. The first kappa shape index (κ1) is 28.4. The molecule has 0 radical (unpaired) electrons. The Balaban J connectivity index is 2.25. The summed E-state index contributed by atoms with van der Waals surface area (Å²) in [4.78, 5) is 41.6. The van der Waals surface area contributed by atoms with Crippen molar-refractivity contribution in [1.82, 2.24) is 15.1 Å². The fourth-order valence-electron chi connectivity index (χ4n) is 4.72. The van der Waals surface area contributed by atoms with Gasteiger partial charge in [0.25, 0.3) is 0 Å². The highest BCUT2D eigenvalue weighted by Crippen LogP contribution is 2.39. The molecule has 1 aromatic carbocycles. The van der Waals surface area contributed by atoms with Crippen molar-refractivity contribution in [2.75, 3.05) is 7.11 Å². The molecule has 1 aliphatic rings. The zero-order valence-corrected chi connectivity index (χ0v) is 22.2. The van der Waals surface area contributed by atoms with Gasteiger partial charge in [-0.15, -0.1) is 0 Å². The van der Waals surface area contributed by atoms with E-state index in [-0.39, 0.29) is 12.6 Å². The number of hydrogen-bond donors (Lipinski definition) is 2. The van der Waals surface area contributed by atoms with Crippen LogP contribution in [0.25, 0.3) is 0 Å². The fraction of sp³-hybridized carbons (Fsp3) is 0.654. The van der Waals surface area contributed by atoms with E-state index in [1.165, 1.54) is 11.8 Å². The first-order valence-electron chi connectivity index (χ1n) is 12.1. The van der Waals surface area contributed by atoms with Crippen molar-refractivity contribution in [3.8, 4) is 5.75 Å². The van der Waals surface area contributed by atoms with Crippen molar-refractivity contribution in [2.24, 2.45) is 0 Å². The summed E-state index contributed by atoms with van der Waals surface area (Å²) in [6, 6.07) is 5.45. The number of carbonyl (C=O) groups excluding carboxylic acids is 3. The number of methoxy groups -OCH3 is 1. The van der Waals surface area contributed by atoms with Gasteiger partial charge in [0, 0.05) is 12.6 Å². The second kappa shape index (κ2) is 11.3. The summed E-state index contributed by atoms with van der Waals surface area (Å²) in [6.07, 6.45) is 0.349. The van der Waals surface area contributed by atoms with E-state index in [2.05, 4.69) is 5.32 Å². The highest BCUT2D eigenvalue weighted by Gasteiger charge is 2.52. The Bertz CT molecular complexity index is 882. The van der Waals surface area contributed by atoms with Gasteiger partial charge < -0.3 is 24.8 Å². The maximum Gasteiger partial charge on any atom is 0.411 e. The van der Waals surface area contributed by atoms with Crippen molar-refractivity contribution in [1.29, 1.82) is 0 Å². The molecule has 1 aliphatic heterocycles. The van der Waals surface area contributed by atoms with Gasteiger partial charge in [0.1, 0.15) is 17.4 Å². The van der Waals surface area contributed by atoms with E-state index in [4.69, 9.17) is 9.47 Å². The third kappa shape index (κ3) is 6.66. The molecule has 0 aromatic heterocycles. The topological polar surface area (TPSA) is 108 Å². The highest BCUT2D eigenvalue weighted by atomic mass is 16.6. The SMILES string of the molecule is COc1ccc(CNC(=O)[C@H]([C@@H](C)O)N(C=O)C(C)C2(C)CCC(C)N2C(=O)OC(C)(C)C)cc1. The molecule has 9 nitrogen and oxygen atoms in total. The smallest absolute Gasteiger partial charge is 0.411 e. The van der Waals surface area contributed by atoms with Crippen LogP contribution in [0.4, 0.5) is 4.79 Å². The molecular weight excluding hydrogens is 450 g/mol. The quantitative estimate of drug-likeness (QED) is 0.514. The standard InChI is InChI=1S/C26H41N3O6/c1-17-13-14-26(7,29(17)24(33)35-25(4,5)6)19(3)28(16-30)22(18(2)31)23(32)27-15-20-9-11-21(34-8)12-10-20/h9-12,16-19,22,31H,13-15H2,1-8H3,(H,27,32)/t17?,18-,19?,22+,26?/m1/s1. The first-order chi connectivity index (χ1) is 16.2. The van der Waals surface area contributed by atoms with Crippen molar-refractivity contribution in [3.63, 3.8) is 0 Å². The minimum atomic E-state index is -1.13. The van der Waals surface area contributed by atoms with E-state index in [0.29, 0.717) is 18.6 Å². The average molecular weight is 492 g/mol. The van der Waals surface area contributed by atoms with Crippen LogP contribution < -0.4 is 10.1 Å². The van der Waals surface area contributed by atoms with Crippen LogP contribution in [0, 0.1) is 0 Å². The van der Waals surface area contributed by atoms with Crippen molar-refractivity contribution >= 4 is 18.4 Å². The fourth-order valence-corrected chi connectivity index (χ4v) is 4.72. The van der Waals surface area contributed by atoms with Crippen LogP contribution >= 0.6 is 0 Å². The molecule has 1 heterocycles. The third-order valence-electron chi connectivity index (χ3n) is 6.79. The van der Waals surface area contributed by atoms with Crippen LogP contribution in [0.3, 0.4) is 0 Å². The highest BCUT2D eigenvalue weighted by molar-refractivity contribution is 5.84. The van der Waals surface area contributed by atoms with Gasteiger partial charge in [-0.3, -0.25) is 14.5 Å². The van der Waals surface area contributed by atoms with Crippen LogP contribution in [-0.4, -0.2) is 75.8 Å². The molecule has 3 amide bonds. The third-order valence-corrected chi connectivity index (χ3v) is 6.79. The summed E-state index contributed by atoms with van der Waals surface area (Å²) in [5.41, 5.74) is -0.606. The van der Waals surface area contributed by atoms with Crippen molar-refractivity contribution < 1.29 is 29.0 Å². The molecule has 9 heteroatoms. The van der Waals surface area contributed by atoms with E-state index < -0.39 is 41.3 Å². The molecule has 1 saturated heterocycles. The number of amides is 3. The van der Waals surface area contributed by atoms with Crippen LogP contribution in [0.15, 0.2) is 24.3 Å². The molecule has 1 aromatic rings. The molecule has 2 rings (SSSR count). The molecule has 35 heavy (non-hydrogen) atoms. The second-order valence-corrected chi connectivity index (χ2v) is 10.6. The number of likely N-dealkylation sites (tertiary alicyclic amines) is 1. The number of benzene rings is 1. The number of aliphatic hydroxyl groups excluding tert-OH is 1. The maximum absolute atomic E-state index is 13.2. The summed E-state index contributed by atoms with van der Waals surface area (Å²) in [7, 11) is 1.58. The molecule has 0 saturated carbocycles. The van der Waals surface area contributed by atoms with Crippen molar-refractivity contribution in [2.45, 2.75) is 103 Å². The van der Waals surface area contributed by atoms with Crippen LogP contribution in [0.1, 0.15) is 66.9 Å². The van der Waals surface area contributed by atoms with Crippen LogP contribution in [0.5, 0.6) is 5.75 Å². The van der Waals surface area contributed by atoms with Gasteiger partial charge in [0.15, 0.2) is 0 Å². The van der Waals surface area contributed by atoms with Crippen molar-refractivity contribution in [3.05, 3.63) is 29.8 Å². The number of aliphatic hydroxyl groups is 1. The van der Waals surface area contributed by atoms with Gasteiger partial charge in [0.05, 0.1) is 24.8 Å². The lowest BCUT2D eigenvalue weighted by Gasteiger charge is -2.47. The van der Waals surface area contributed by atoms with Gasteiger partial charge in [-0.2, -0.15) is 0 Å². The molecule has 0 aliphatic carbocycles. The Hall–Kier alpha value is -2.81. The summed E-state index contributed by atoms with van der Waals surface area (Å²) in [6.45, 7) is 12.8. The normalized spacial score (nSPS) is 22.7. The Morgan fingerprint density at radius 1 is 1.29 bits per heavy atom. The number of ether oxygens (including phenoxy) is 2. The second-order valence-electron chi connectivity index (χ2n) is 10.6. The predicted molar refractivity (Wildman–Crippen MR) is 133 cm³/mol. The number of nitrogens with one attached hydrogen (secondary N) is 1. The Morgan fingerprint density at radius 2 is 1.89 bits per heavy atom. The summed E-state index contributed by atoms with van der Waals surface area (Å²) in [5.74, 6) is 0.227. The molecule has 3 unspecified atom stereocenters. The number of rotatable bonds is 9. The zero-order chi connectivity index (χ0) is 26.6. The van der Waals surface area contributed by atoms with Gasteiger partial charge >= 0.3 is 6.09 Å². The summed E-state index contributed by atoms with van der Waals surface area (Å²) in [5, 5.41) is 13.3. The zero-order valence-electron chi connectivity index (χ0n) is 22.2. The molecule has 0 bridgehead atoms. The predicted octanol–water partition coefficient (Wildman–Crippen LogP) is 3.09. The average Bonchev–Trinajstić information content (AvgIpc) is 3.09. The monoisotopic (exact) mass is 491 g/mol. The van der Waals surface area contributed by atoms with Gasteiger partial charge in [-0.05, 0) is 79.0 Å². The minimum absolute atomic E-state index is 0.0975. The van der Waals surface area contributed by atoms with Gasteiger partial charge in [-0.25, -0.2) is 4.79 Å². The van der Waals surface area contributed by atoms with E-state index in [0.717, 1.165) is 12.0 Å². The maximum atomic E-state index is 13.2. The van der Waals surface area contributed by atoms with E-state index in [1.807, 2.05) is 26.0 Å². The number of nitrogens with zero attached hydrogens (tertiary/aromatic N) is 2. The molecule has 0 spiro atoms. The molecule has 2 N–H and O–H groups in total. The summed E-state index contributed by atoms with van der Waals surface area (Å²) < 4.78 is 10.8. The minimum Gasteiger partial charge on any atom is -0.497 e. The lowest BCUT2D eigenvalue weighted by molar-refractivity contribution is -0.142. The lowest BCUT2D eigenvalue weighted by atomic mass is 9.88. The van der Waals surface area contributed by atoms with E-state index >= 15 is 0 Å². The molecule has 1 fully saturated rings. The molecule has 5 atom stereocenters. The Labute approximate surface area is 208 Å². The first-order valence-corrected chi connectivity index (χ1v) is 12.1. The van der Waals surface area contributed by atoms with Gasteiger partial charge in [0.2, 0.25) is 12.3 Å². The number of hydrogen-bond acceptors (Lipinski definition) is 6. The Kier molecular flexibility index (Phi) is 9.17. The largest absolute Gasteiger partial charge is 0.497 e. The van der Waals surface area contributed by atoms with Gasteiger partial charge in [-0.1, -0.05) is 12.1 Å². The molecule has 196 valence electrons. The summed E-state index contributed by atoms with van der Waals surface area (Å²) >= 11 is 0. The van der Waals surface area contributed by atoms with Crippen LogP contribution in [-0.2, 0) is 20.9 Å².